The van der Waals surface area contributed by atoms with E-state index in [2.05, 4.69) is 77.5 Å². The highest BCUT2D eigenvalue weighted by molar-refractivity contribution is 9.10. The Morgan fingerprint density at radius 1 is 0.714 bits per heavy atom. The van der Waals surface area contributed by atoms with Gasteiger partial charge < -0.3 is 4.74 Å². The number of benzene rings is 4. The number of unbranched alkanes of at least 4 members (excludes halogenated alkanes) is 1. The summed E-state index contributed by atoms with van der Waals surface area (Å²) in [5, 5.41) is 3.20. The van der Waals surface area contributed by atoms with Crippen LogP contribution in [0.5, 0.6) is 0 Å². The Hall–Kier alpha value is -3.20. The zero-order valence-corrected chi connectivity index (χ0v) is 27.0. The number of halogens is 1. The number of aryl methyl sites for hydroxylation is 1. The molecular weight excluding hydrogens is 603 g/mol. The Bertz CT molecular complexity index is 1400. The van der Waals surface area contributed by atoms with Gasteiger partial charge in [0.15, 0.2) is 5.78 Å². The van der Waals surface area contributed by atoms with Crippen LogP contribution in [0.4, 0.5) is 0 Å². The molecule has 1 atom stereocenters. The van der Waals surface area contributed by atoms with Crippen molar-refractivity contribution in [3.8, 4) is 0 Å². The van der Waals surface area contributed by atoms with Crippen LogP contribution in [0.2, 0.25) is 0 Å². The number of hydrogen-bond acceptors (Lipinski definition) is 3. The summed E-state index contributed by atoms with van der Waals surface area (Å²) in [5.74, 6) is -0.461. The number of ether oxygens (including phenoxy) is 1. The van der Waals surface area contributed by atoms with Crippen LogP contribution in [0.3, 0.4) is 0 Å². The number of carbonyl (C=O) groups excluding carboxylic acids is 2. The molecule has 0 aliphatic carbocycles. The molecule has 0 radical (unpaired) electrons. The number of rotatable bonds is 14. The zero-order chi connectivity index (χ0) is 29.8. The molecule has 42 heavy (non-hydrogen) atoms. The molecule has 218 valence electrons. The largest absolute Gasteiger partial charge is 0.462 e. The van der Waals surface area contributed by atoms with Gasteiger partial charge in [-0.2, -0.15) is 0 Å². The molecule has 0 aliphatic heterocycles. The van der Waals surface area contributed by atoms with Crippen molar-refractivity contribution in [1.82, 2.24) is 0 Å². The standard InChI is InChI=1S/C37H40BrO3P/c1-3-5-17-29(26-27-30-18-15-16-25-34(30)38)28-35(39)36(37(40)41-4-2)42(31-19-9-6-10-20-31,32-21-11-7-12-22-32)33-23-13-8-14-24-33/h6-16,18-25,29H,3-5,17,26-28H2,1-2H3. The van der Waals surface area contributed by atoms with Crippen LogP contribution in [0.1, 0.15) is 51.5 Å². The highest BCUT2D eigenvalue weighted by Gasteiger charge is 2.38. The van der Waals surface area contributed by atoms with E-state index in [0.29, 0.717) is 6.42 Å². The average Bonchev–Trinajstić information content (AvgIpc) is 3.03. The van der Waals surface area contributed by atoms with Crippen molar-refractivity contribution in [1.29, 1.82) is 0 Å². The Balaban J connectivity index is 1.93. The van der Waals surface area contributed by atoms with Gasteiger partial charge >= 0.3 is 5.97 Å². The molecule has 5 heteroatoms. The Morgan fingerprint density at radius 3 is 1.69 bits per heavy atom. The average molecular weight is 644 g/mol. The van der Waals surface area contributed by atoms with Gasteiger partial charge in [-0.1, -0.05) is 151 Å². The number of hydrogen-bond donors (Lipinski definition) is 0. The molecule has 0 aliphatic rings. The molecule has 0 saturated carbocycles. The maximum atomic E-state index is 14.8. The molecule has 0 heterocycles. The summed E-state index contributed by atoms with van der Waals surface area (Å²) in [5.41, 5.74) is 1.24. The van der Waals surface area contributed by atoms with Gasteiger partial charge in [0, 0.05) is 10.9 Å². The van der Waals surface area contributed by atoms with E-state index in [1.54, 1.807) is 6.92 Å². The second kappa shape index (κ2) is 15.9. The lowest BCUT2D eigenvalue weighted by atomic mass is 9.89. The van der Waals surface area contributed by atoms with E-state index in [9.17, 15) is 9.59 Å². The second-order valence-corrected chi connectivity index (χ2v) is 14.7. The molecule has 4 aromatic rings. The molecule has 0 N–H and O–H groups in total. The summed E-state index contributed by atoms with van der Waals surface area (Å²) in [7, 11) is 0. The van der Waals surface area contributed by atoms with Crippen molar-refractivity contribution < 1.29 is 14.3 Å². The van der Waals surface area contributed by atoms with Gasteiger partial charge in [-0.3, -0.25) is 4.79 Å². The zero-order valence-electron chi connectivity index (χ0n) is 24.5. The number of carbonyl (C=O) groups is 2. The molecule has 1 unspecified atom stereocenters. The molecule has 4 aromatic carbocycles. The summed E-state index contributed by atoms with van der Waals surface area (Å²) >= 11 is 3.69. The SMILES string of the molecule is CCCCC(CCc1ccccc1Br)CC(=O)C(C(=O)OCC)=P(c1ccccc1)(c1ccccc1)c1ccccc1. The summed E-state index contributed by atoms with van der Waals surface area (Å²) in [6, 6.07) is 38.5. The van der Waals surface area contributed by atoms with E-state index in [0.717, 1.165) is 52.5 Å². The molecular formula is C37H40BrO3P. The summed E-state index contributed by atoms with van der Waals surface area (Å²) < 4.78 is 6.82. The van der Waals surface area contributed by atoms with Gasteiger partial charge in [0.2, 0.25) is 0 Å². The van der Waals surface area contributed by atoms with Crippen LogP contribution >= 0.6 is 22.8 Å². The molecule has 0 aromatic heterocycles. The van der Waals surface area contributed by atoms with Crippen molar-refractivity contribution in [2.75, 3.05) is 6.61 Å². The minimum Gasteiger partial charge on any atom is -0.462 e. The first-order chi connectivity index (χ1) is 20.5. The van der Waals surface area contributed by atoms with Crippen molar-refractivity contribution in [3.05, 3.63) is 125 Å². The predicted octanol–water partition coefficient (Wildman–Crippen LogP) is 7.88. The van der Waals surface area contributed by atoms with Crippen molar-refractivity contribution in [2.24, 2.45) is 5.92 Å². The monoisotopic (exact) mass is 642 g/mol. The summed E-state index contributed by atoms with van der Waals surface area (Å²) in [6.07, 6.45) is 5.09. The topological polar surface area (TPSA) is 43.4 Å². The molecule has 0 saturated heterocycles. The fourth-order valence-electron chi connectivity index (χ4n) is 5.69. The van der Waals surface area contributed by atoms with E-state index >= 15 is 0 Å². The maximum Gasteiger partial charge on any atom is 0.342 e. The third kappa shape index (κ3) is 7.41. The molecule has 0 spiro atoms. The van der Waals surface area contributed by atoms with E-state index < -0.39 is 12.9 Å². The number of ketones is 1. The highest BCUT2D eigenvalue weighted by atomic mass is 79.9. The Morgan fingerprint density at radius 2 is 1.21 bits per heavy atom. The lowest BCUT2D eigenvalue weighted by Crippen LogP contribution is -2.39. The fraction of sp³-hybridized carbons (Fsp3) is 0.270. The smallest absolute Gasteiger partial charge is 0.342 e. The molecule has 3 nitrogen and oxygen atoms in total. The molecule has 0 amide bonds. The highest BCUT2D eigenvalue weighted by Crippen LogP contribution is 2.47. The van der Waals surface area contributed by atoms with Crippen molar-refractivity contribution >= 4 is 55.8 Å². The van der Waals surface area contributed by atoms with Crippen molar-refractivity contribution in [3.63, 3.8) is 0 Å². The van der Waals surface area contributed by atoms with Crippen molar-refractivity contribution in [2.45, 2.75) is 52.4 Å². The van der Waals surface area contributed by atoms with Gasteiger partial charge in [0.05, 0.1) is 6.61 Å². The minimum absolute atomic E-state index is 0.105. The van der Waals surface area contributed by atoms with Gasteiger partial charge in [0.25, 0.3) is 0 Å². The first-order valence-electron chi connectivity index (χ1n) is 14.9. The lowest BCUT2D eigenvalue weighted by molar-refractivity contribution is -0.135. The van der Waals surface area contributed by atoms with Crippen LogP contribution in [0, 0.1) is 5.92 Å². The number of Topliss-reactive ketones (excluding diaryl/α,β-unsaturated/α-hetero) is 1. The van der Waals surface area contributed by atoms with Crippen LogP contribution in [-0.4, -0.2) is 23.7 Å². The number of esters is 1. The van der Waals surface area contributed by atoms with Crippen LogP contribution in [0.25, 0.3) is 0 Å². The van der Waals surface area contributed by atoms with E-state index in [4.69, 9.17) is 4.74 Å². The fourth-order valence-corrected chi connectivity index (χ4v) is 10.5. The summed E-state index contributed by atoms with van der Waals surface area (Å²) in [6.45, 7) is 1.30. The third-order valence-corrected chi connectivity index (χ3v) is 12.8. The van der Waals surface area contributed by atoms with Crippen LogP contribution < -0.4 is 15.9 Å². The van der Waals surface area contributed by atoms with Gasteiger partial charge in [-0.25, -0.2) is 4.79 Å². The van der Waals surface area contributed by atoms with Crippen LogP contribution in [0.15, 0.2) is 120 Å². The molecule has 0 fully saturated rings. The quantitative estimate of drug-likeness (QED) is 0.0798. The second-order valence-electron chi connectivity index (χ2n) is 10.5. The van der Waals surface area contributed by atoms with E-state index in [1.165, 1.54) is 5.56 Å². The third-order valence-electron chi connectivity index (χ3n) is 7.72. The van der Waals surface area contributed by atoms with Crippen LogP contribution in [-0.2, 0) is 20.7 Å². The van der Waals surface area contributed by atoms with Gasteiger partial charge in [0.1, 0.15) is 5.29 Å². The lowest BCUT2D eigenvalue weighted by Gasteiger charge is -2.32. The molecule has 4 rings (SSSR count). The summed E-state index contributed by atoms with van der Waals surface area (Å²) in [4.78, 5) is 28.9. The maximum absolute atomic E-state index is 14.8. The van der Waals surface area contributed by atoms with Gasteiger partial charge in [-0.15, -0.1) is 0 Å². The van der Waals surface area contributed by atoms with Gasteiger partial charge in [-0.05, 0) is 60.1 Å². The molecule has 0 bridgehead atoms. The van der Waals surface area contributed by atoms with E-state index in [1.807, 2.05) is 60.7 Å². The Labute approximate surface area is 259 Å². The normalized spacial score (nSPS) is 12.0. The first kappa shape index (κ1) is 31.7. The Kier molecular flexibility index (Phi) is 12.0. The van der Waals surface area contributed by atoms with E-state index in [-0.39, 0.29) is 23.6 Å². The first-order valence-corrected chi connectivity index (χ1v) is 17.5. The predicted molar refractivity (Wildman–Crippen MR) is 182 cm³/mol. The minimum atomic E-state index is -2.89.